The third-order valence-corrected chi connectivity index (χ3v) is 6.28. The number of hydrogen-bond acceptors (Lipinski definition) is 3. The van der Waals surface area contributed by atoms with Crippen molar-refractivity contribution in [2.75, 3.05) is 6.54 Å². The van der Waals surface area contributed by atoms with Gasteiger partial charge in [-0.2, -0.15) is 0 Å². The number of fused-ring (bicyclic) bond motifs is 4. The maximum Gasteiger partial charge on any atom is 0.251 e. The fourth-order valence-electron chi connectivity index (χ4n) is 5.07. The highest BCUT2D eigenvalue weighted by molar-refractivity contribution is 5.98. The Hall–Kier alpha value is -3.47. The minimum absolute atomic E-state index is 0.0764. The van der Waals surface area contributed by atoms with Gasteiger partial charge in [-0.3, -0.25) is 14.6 Å². The molecular weight excluding hydrogens is 398 g/mol. The zero-order chi connectivity index (χ0) is 22.7. The van der Waals surface area contributed by atoms with Crippen molar-refractivity contribution in [3.05, 3.63) is 98.5 Å². The number of rotatable bonds is 5. The number of aliphatic imine (C=N–C) groups is 1. The van der Waals surface area contributed by atoms with Crippen LogP contribution in [0.15, 0.2) is 75.6 Å². The molecule has 164 valence electrons. The molecule has 2 aromatic rings. The van der Waals surface area contributed by atoms with Gasteiger partial charge in [-0.05, 0) is 56.5 Å². The number of carbonyl (C=O) groups is 1. The first-order chi connectivity index (χ1) is 15.5. The lowest BCUT2D eigenvalue weighted by Gasteiger charge is -2.45. The number of carbonyl (C=O) groups excluding carboxylic acids is 1. The summed E-state index contributed by atoms with van der Waals surface area (Å²) in [4.78, 5) is 32.4. The lowest BCUT2D eigenvalue weighted by molar-refractivity contribution is 0.0955. The van der Waals surface area contributed by atoms with Gasteiger partial charge in [-0.15, -0.1) is 0 Å². The molecule has 1 aromatic heterocycles. The highest BCUT2D eigenvalue weighted by atomic mass is 16.1. The summed E-state index contributed by atoms with van der Waals surface area (Å²) in [6, 6.07) is 11.1. The van der Waals surface area contributed by atoms with Crippen molar-refractivity contribution in [1.29, 1.82) is 0 Å². The number of amides is 1. The average Bonchev–Trinajstić information content (AvgIpc) is 2.76. The van der Waals surface area contributed by atoms with Crippen LogP contribution in [0.5, 0.6) is 0 Å². The number of benzene rings is 1. The fourth-order valence-corrected chi connectivity index (χ4v) is 5.07. The number of allylic oxidation sites excluding steroid dienone is 3. The van der Waals surface area contributed by atoms with E-state index in [0.717, 1.165) is 29.7 Å². The lowest BCUT2D eigenvalue weighted by atomic mass is 9.63. The number of H-pyrrole nitrogens is 1. The Morgan fingerprint density at radius 2 is 2.09 bits per heavy atom. The number of aromatic nitrogens is 1. The average molecular weight is 428 g/mol. The Morgan fingerprint density at radius 1 is 1.28 bits per heavy atom. The van der Waals surface area contributed by atoms with Crippen LogP contribution in [0.3, 0.4) is 0 Å². The van der Waals surface area contributed by atoms with Crippen LogP contribution in [0.4, 0.5) is 0 Å². The third-order valence-electron chi connectivity index (χ3n) is 6.28. The molecule has 0 aliphatic heterocycles. The molecule has 2 unspecified atom stereocenters. The normalized spacial score (nSPS) is 23.4. The lowest BCUT2D eigenvalue weighted by Crippen LogP contribution is -2.40. The highest BCUT2D eigenvalue weighted by Gasteiger charge is 2.46. The van der Waals surface area contributed by atoms with Gasteiger partial charge in [0, 0.05) is 48.0 Å². The second-order valence-corrected chi connectivity index (χ2v) is 8.40. The van der Waals surface area contributed by atoms with Crippen LogP contribution < -0.4 is 10.9 Å². The topological polar surface area (TPSA) is 74.3 Å². The van der Waals surface area contributed by atoms with Gasteiger partial charge < -0.3 is 10.3 Å². The molecule has 32 heavy (non-hydrogen) atoms. The molecular formula is C27H29N3O2. The number of pyridine rings is 1. The monoisotopic (exact) mass is 427 g/mol. The molecule has 2 N–H and O–H groups in total. The molecule has 0 saturated heterocycles. The van der Waals surface area contributed by atoms with Crippen LogP contribution in [0.25, 0.3) is 6.08 Å². The second-order valence-electron chi connectivity index (χ2n) is 8.40. The fraction of sp³-hybridized carbons (Fsp3) is 0.296. The van der Waals surface area contributed by atoms with Gasteiger partial charge in [0.25, 0.3) is 5.91 Å². The first-order valence-corrected chi connectivity index (χ1v) is 11.1. The summed E-state index contributed by atoms with van der Waals surface area (Å²) in [6.07, 6.45) is 11.7. The van der Waals surface area contributed by atoms with Crippen molar-refractivity contribution >= 4 is 18.2 Å². The number of nitrogens with zero attached hydrogens (tertiary/aromatic N) is 1. The summed E-state index contributed by atoms with van der Waals surface area (Å²) in [5, 5.41) is 2.86. The molecule has 5 heteroatoms. The Kier molecular flexibility index (Phi) is 6.08. The van der Waals surface area contributed by atoms with Crippen molar-refractivity contribution in [3.8, 4) is 0 Å². The largest absolute Gasteiger partial charge is 0.352 e. The number of nitrogens with one attached hydrogen (secondary N) is 2. The first kappa shape index (κ1) is 21.8. The maximum absolute atomic E-state index is 12.3. The molecule has 1 aromatic carbocycles. The van der Waals surface area contributed by atoms with Crippen LogP contribution in [0, 0.1) is 5.92 Å². The Bertz CT molecular complexity index is 1220. The Balaban J connectivity index is 1.72. The van der Waals surface area contributed by atoms with Crippen LogP contribution >= 0.6 is 0 Å². The minimum atomic E-state index is -0.514. The molecule has 1 heterocycles. The van der Waals surface area contributed by atoms with Gasteiger partial charge in [0.05, 0.1) is 0 Å². The van der Waals surface area contributed by atoms with Gasteiger partial charge >= 0.3 is 0 Å². The predicted molar refractivity (Wildman–Crippen MR) is 130 cm³/mol. The molecule has 4 rings (SSSR count). The van der Waals surface area contributed by atoms with E-state index in [-0.39, 0.29) is 17.4 Å². The summed E-state index contributed by atoms with van der Waals surface area (Å²) in [6.45, 7) is 6.71. The molecule has 1 amide bonds. The van der Waals surface area contributed by atoms with Gasteiger partial charge in [-0.25, -0.2) is 0 Å². The summed E-state index contributed by atoms with van der Waals surface area (Å²) >= 11 is 0. The second kappa shape index (κ2) is 8.95. The molecule has 2 aliphatic rings. The molecule has 2 aliphatic carbocycles. The van der Waals surface area contributed by atoms with E-state index in [1.807, 2.05) is 55.6 Å². The molecule has 0 saturated carbocycles. The van der Waals surface area contributed by atoms with Gasteiger partial charge in [0.15, 0.2) is 0 Å². The number of aromatic amines is 1. The molecule has 2 atom stereocenters. The summed E-state index contributed by atoms with van der Waals surface area (Å²) in [5.41, 5.74) is 5.52. The van der Waals surface area contributed by atoms with Crippen LogP contribution in [-0.2, 0) is 12.0 Å². The standard InChI is InChI=1S/C27H29N3O2/c1-4-22-20-15-18(3)17-27(22,23-12-13-25(31)30-24(23)16-20)29-14-8-10-19-9-6-7-11-21(19)26(32)28-5-2/h4,6-15,20H,5,16-17H2,1-3H3,(H,28,32)(H,30,31)/b10-8+,22-4+,29-14+. The quantitative estimate of drug-likeness (QED) is 0.542. The van der Waals surface area contributed by atoms with E-state index < -0.39 is 5.54 Å². The van der Waals surface area contributed by atoms with E-state index in [2.05, 4.69) is 36.3 Å². The van der Waals surface area contributed by atoms with E-state index in [1.54, 1.807) is 6.07 Å². The third kappa shape index (κ3) is 3.91. The van der Waals surface area contributed by atoms with E-state index in [9.17, 15) is 9.59 Å². The van der Waals surface area contributed by atoms with E-state index in [4.69, 9.17) is 4.99 Å². The number of hydrogen-bond donors (Lipinski definition) is 2. The summed E-state index contributed by atoms with van der Waals surface area (Å²) < 4.78 is 0. The highest BCUT2D eigenvalue weighted by Crippen LogP contribution is 2.51. The molecule has 0 fully saturated rings. The van der Waals surface area contributed by atoms with Gasteiger partial charge in [0.1, 0.15) is 5.54 Å². The van der Waals surface area contributed by atoms with Crippen molar-refractivity contribution in [2.45, 2.75) is 39.2 Å². The zero-order valence-corrected chi connectivity index (χ0v) is 18.8. The van der Waals surface area contributed by atoms with Crippen molar-refractivity contribution in [3.63, 3.8) is 0 Å². The maximum atomic E-state index is 12.3. The van der Waals surface area contributed by atoms with Crippen molar-refractivity contribution in [2.24, 2.45) is 10.9 Å². The zero-order valence-electron chi connectivity index (χ0n) is 18.8. The van der Waals surface area contributed by atoms with Crippen molar-refractivity contribution < 1.29 is 4.79 Å². The Morgan fingerprint density at radius 3 is 2.88 bits per heavy atom. The molecule has 5 nitrogen and oxygen atoms in total. The summed E-state index contributed by atoms with van der Waals surface area (Å²) in [5.74, 6) is 0.152. The SMILES string of the molecule is C/C=C1\C2C=C(C)CC1(/N=C/C=C/c1ccccc1C(=O)NCC)c1ccc(=O)[nH]c1C2. The molecule has 0 radical (unpaired) electrons. The van der Waals surface area contributed by atoms with Crippen molar-refractivity contribution in [1.82, 2.24) is 10.3 Å². The van der Waals surface area contributed by atoms with Crippen LogP contribution in [-0.4, -0.2) is 23.7 Å². The molecule has 2 bridgehead atoms. The van der Waals surface area contributed by atoms with E-state index in [0.29, 0.717) is 12.1 Å². The van der Waals surface area contributed by atoms with E-state index >= 15 is 0 Å². The van der Waals surface area contributed by atoms with Crippen LogP contribution in [0.1, 0.15) is 54.4 Å². The predicted octanol–water partition coefficient (Wildman–Crippen LogP) is 4.57. The smallest absolute Gasteiger partial charge is 0.251 e. The Labute approximate surface area is 188 Å². The van der Waals surface area contributed by atoms with Gasteiger partial charge in [0.2, 0.25) is 5.56 Å². The minimum Gasteiger partial charge on any atom is -0.352 e. The molecule has 0 spiro atoms. The first-order valence-electron chi connectivity index (χ1n) is 11.1. The van der Waals surface area contributed by atoms with Crippen LogP contribution in [0.2, 0.25) is 0 Å². The van der Waals surface area contributed by atoms with Gasteiger partial charge in [-0.1, -0.05) is 42.0 Å². The summed E-state index contributed by atoms with van der Waals surface area (Å²) in [7, 11) is 0. The van der Waals surface area contributed by atoms with E-state index in [1.165, 1.54) is 11.1 Å².